The number of aromatic nitrogens is 2. The monoisotopic (exact) mass is 431 g/mol. The Hall–Kier alpha value is -2.31. The SMILES string of the molecule is CCC(C)c1ccc(S(=O)(=O)Nc2c(C)nn(Cc3ccccc3Cl)c2C)cc1. The van der Waals surface area contributed by atoms with Crippen molar-refractivity contribution in [3.8, 4) is 0 Å². The van der Waals surface area contributed by atoms with Gasteiger partial charge in [0, 0.05) is 5.02 Å². The van der Waals surface area contributed by atoms with Crippen LogP contribution in [-0.2, 0) is 16.6 Å². The molecule has 1 atom stereocenters. The normalized spacial score (nSPS) is 12.7. The number of hydrogen-bond acceptors (Lipinski definition) is 3. The van der Waals surface area contributed by atoms with Crippen LogP contribution in [0.3, 0.4) is 0 Å². The lowest BCUT2D eigenvalue weighted by molar-refractivity contribution is 0.601. The van der Waals surface area contributed by atoms with Crippen molar-refractivity contribution in [3.05, 3.63) is 76.1 Å². The lowest BCUT2D eigenvalue weighted by atomic mass is 9.99. The number of sulfonamides is 1. The van der Waals surface area contributed by atoms with Crippen LogP contribution in [-0.4, -0.2) is 18.2 Å². The molecule has 7 heteroatoms. The molecule has 29 heavy (non-hydrogen) atoms. The van der Waals surface area contributed by atoms with Crippen LogP contribution in [0.15, 0.2) is 53.4 Å². The molecule has 0 spiro atoms. The molecule has 1 N–H and O–H groups in total. The Kier molecular flexibility index (Phi) is 6.34. The minimum atomic E-state index is -3.70. The summed E-state index contributed by atoms with van der Waals surface area (Å²) in [7, 11) is -3.70. The molecular formula is C22H26ClN3O2S. The molecule has 154 valence electrons. The van der Waals surface area contributed by atoms with Crippen LogP contribution in [0, 0.1) is 13.8 Å². The standard InChI is InChI=1S/C22H26ClN3O2S/c1-5-15(2)18-10-12-20(13-11-18)29(27,28)25-22-16(3)24-26(17(22)4)14-19-8-6-7-9-21(19)23/h6-13,15,25H,5,14H2,1-4H3. The molecular weight excluding hydrogens is 406 g/mol. The molecule has 5 nitrogen and oxygen atoms in total. The zero-order valence-electron chi connectivity index (χ0n) is 17.1. The van der Waals surface area contributed by atoms with Gasteiger partial charge in [0.1, 0.15) is 0 Å². The van der Waals surface area contributed by atoms with Crippen molar-refractivity contribution in [2.75, 3.05) is 4.72 Å². The van der Waals surface area contributed by atoms with Gasteiger partial charge in [0.2, 0.25) is 0 Å². The van der Waals surface area contributed by atoms with E-state index in [9.17, 15) is 8.42 Å². The zero-order chi connectivity index (χ0) is 21.2. The van der Waals surface area contributed by atoms with E-state index in [-0.39, 0.29) is 4.90 Å². The van der Waals surface area contributed by atoms with Crippen LogP contribution in [0.4, 0.5) is 5.69 Å². The highest BCUT2D eigenvalue weighted by molar-refractivity contribution is 7.92. The van der Waals surface area contributed by atoms with Crippen molar-refractivity contribution in [2.24, 2.45) is 0 Å². The summed E-state index contributed by atoms with van der Waals surface area (Å²) in [5.41, 5.74) is 3.92. The maximum Gasteiger partial charge on any atom is 0.262 e. The molecule has 0 fully saturated rings. The first-order valence-corrected chi connectivity index (χ1v) is 11.5. The molecule has 0 saturated heterocycles. The minimum absolute atomic E-state index is 0.238. The molecule has 0 aliphatic rings. The Balaban J connectivity index is 1.86. The third-order valence-corrected chi connectivity index (χ3v) is 7.00. The van der Waals surface area contributed by atoms with Gasteiger partial charge in [-0.2, -0.15) is 5.10 Å². The summed E-state index contributed by atoms with van der Waals surface area (Å²) < 4.78 is 30.3. The van der Waals surface area contributed by atoms with E-state index in [0.717, 1.165) is 23.2 Å². The Morgan fingerprint density at radius 1 is 1.10 bits per heavy atom. The lowest BCUT2D eigenvalue weighted by Gasteiger charge is -2.12. The molecule has 3 rings (SSSR count). The second-order valence-electron chi connectivity index (χ2n) is 7.28. The van der Waals surface area contributed by atoms with Crippen LogP contribution >= 0.6 is 11.6 Å². The number of halogens is 1. The number of nitrogens with zero attached hydrogens (tertiary/aromatic N) is 2. The summed E-state index contributed by atoms with van der Waals surface area (Å²) in [6.45, 7) is 8.35. The Bertz CT molecular complexity index is 1110. The van der Waals surface area contributed by atoms with Crippen LogP contribution in [0.25, 0.3) is 0 Å². The third kappa shape index (κ3) is 4.65. The molecule has 1 unspecified atom stereocenters. The smallest absolute Gasteiger partial charge is 0.262 e. The van der Waals surface area contributed by atoms with Gasteiger partial charge in [-0.25, -0.2) is 8.42 Å². The third-order valence-electron chi connectivity index (χ3n) is 5.27. The van der Waals surface area contributed by atoms with E-state index in [1.54, 1.807) is 23.7 Å². The summed E-state index contributed by atoms with van der Waals surface area (Å²) >= 11 is 6.25. The average Bonchev–Trinajstić information content (AvgIpc) is 2.96. The highest BCUT2D eigenvalue weighted by atomic mass is 35.5. The second-order valence-corrected chi connectivity index (χ2v) is 9.37. The van der Waals surface area contributed by atoms with E-state index in [0.29, 0.717) is 28.9 Å². The summed E-state index contributed by atoms with van der Waals surface area (Å²) in [6.07, 6.45) is 1.01. The molecule has 0 aliphatic carbocycles. The zero-order valence-corrected chi connectivity index (χ0v) is 18.7. The van der Waals surface area contributed by atoms with Crippen molar-refractivity contribution >= 4 is 27.3 Å². The van der Waals surface area contributed by atoms with Crippen molar-refractivity contribution in [1.82, 2.24) is 9.78 Å². The van der Waals surface area contributed by atoms with Crippen LogP contribution < -0.4 is 4.72 Å². The molecule has 0 amide bonds. The first kappa shape index (κ1) is 21.4. The molecule has 0 aliphatic heterocycles. The van der Waals surface area contributed by atoms with Gasteiger partial charge in [-0.3, -0.25) is 9.40 Å². The highest BCUT2D eigenvalue weighted by Gasteiger charge is 2.20. The van der Waals surface area contributed by atoms with E-state index in [1.807, 2.05) is 43.3 Å². The predicted octanol–water partition coefficient (Wildman–Crippen LogP) is 5.52. The van der Waals surface area contributed by atoms with Gasteiger partial charge in [-0.15, -0.1) is 0 Å². The number of nitrogens with one attached hydrogen (secondary N) is 1. The van der Waals surface area contributed by atoms with Crippen molar-refractivity contribution in [3.63, 3.8) is 0 Å². The first-order chi connectivity index (χ1) is 13.7. The fourth-order valence-electron chi connectivity index (χ4n) is 3.19. The topological polar surface area (TPSA) is 64.0 Å². The predicted molar refractivity (Wildman–Crippen MR) is 118 cm³/mol. The van der Waals surface area contributed by atoms with Gasteiger partial charge in [0.15, 0.2) is 0 Å². The fraction of sp³-hybridized carbons (Fsp3) is 0.318. The number of anilines is 1. The van der Waals surface area contributed by atoms with E-state index in [1.165, 1.54) is 0 Å². The summed E-state index contributed by atoms with van der Waals surface area (Å²) in [4.78, 5) is 0.238. The van der Waals surface area contributed by atoms with Gasteiger partial charge in [0.05, 0.1) is 28.5 Å². The molecule has 1 heterocycles. The van der Waals surface area contributed by atoms with Crippen molar-refractivity contribution < 1.29 is 8.42 Å². The molecule has 0 saturated carbocycles. The van der Waals surface area contributed by atoms with E-state index < -0.39 is 10.0 Å². The van der Waals surface area contributed by atoms with Gasteiger partial charge in [-0.05, 0) is 55.5 Å². The highest BCUT2D eigenvalue weighted by Crippen LogP contribution is 2.26. The Labute approximate surface area is 177 Å². The van der Waals surface area contributed by atoms with Crippen LogP contribution in [0.1, 0.15) is 48.7 Å². The van der Waals surface area contributed by atoms with Crippen LogP contribution in [0.5, 0.6) is 0 Å². The molecule has 1 aromatic heterocycles. The average molecular weight is 432 g/mol. The number of aryl methyl sites for hydroxylation is 1. The van der Waals surface area contributed by atoms with Gasteiger partial charge in [-0.1, -0.05) is 55.8 Å². The largest absolute Gasteiger partial charge is 0.276 e. The minimum Gasteiger partial charge on any atom is -0.276 e. The number of hydrogen-bond donors (Lipinski definition) is 1. The molecule has 2 aromatic carbocycles. The van der Waals surface area contributed by atoms with Crippen molar-refractivity contribution in [1.29, 1.82) is 0 Å². The Morgan fingerprint density at radius 3 is 2.38 bits per heavy atom. The second kappa shape index (κ2) is 8.59. The van der Waals surface area contributed by atoms with E-state index in [4.69, 9.17) is 11.6 Å². The Morgan fingerprint density at radius 2 is 1.76 bits per heavy atom. The molecule has 0 radical (unpaired) electrons. The fourth-order valence-corrected chi connectivity index (χ4v) is 4.56. The van der Waals surface area contributed by atoms with Crippen molar-refractivity contribution in [2.45, 2.75) is 51.5 Å². The molecule has 0 bridgehead atoms. The molecule has 3 aromatic rings. The first-order valence-electron chi connectivity index (χ1n) is 9.63. The van der Waals surface area contributed by atoms with Gasteiger partial charge >= 0.3 is 0 Å². The summed E-state index contributed by atoms with van der Waals surface area (Å²) in [5, 5.41) is 5.16. The van der Waals surface area contributed by atoms with Gasteiger partial charge < -0.3 is 0 Å². The lowest BCUT2D eigenvalue weighted by Crippen LogP contribution is -2.14. The van der Waals surface area contributed by atoms with E-state index >= 15 is 0 Å². The number of rotatable bonds is 7. The maximum absolute atomic E-state index is 12.9. The van der Waals surface area contributed by atoms with Crippen LogP contribution in [0.2, 0.25) is 5.02 Å². The summed E-state index contributed by atoms with van der Waals surface area (Å²) in [5.74, 6) is 0.396. The summed E-state index contributed by atoms with van der Waals surface area (Å²) in [6, 6.07) is 14.6. The quantitative estimate of drug-likeness (QED) is 0.536. The van der Waals surface area contributed by atoms with Gasteiger partial charge in [0.25, 0.3) is 10.0 Å². The number of benzene rings is 2. The van der Waals surface area contributed by atoms with E-state index in [2.05, 4.69) is 23.7 Å². The maximum atomic E-state index is 12.9.